The van der Waals surface area contributed by atoms with E-state index in [2.05, 4.69) is 5.10 Å². The van der Waals surface area contributed by atoms with Crippen molar-refractivity contribution >= 4 is 5.97 Å². The Morgan fingerprint density at radius 2 is 2.56 bits per heavy atom. The number of nitrogens with zero attached hydrogens (tertiary/aromatic N) is 2. The van der Waals surface area contributed by atoms with Crippen LogP contribution in [0.15, 0.2) is 6.07 Å². The van der Waals surface area contributed by atoms with Crippen molar-refractivity contribution in [2.45, 2.75) is 19.6 Å². The number of carbonyl (C=O) groups is 1. The van der Waals surface area contributed by atoms with Gasteiger partial charge in [0.1, 0.15) is 6.10 Å². The second-order valence-corrected chi connectivity index (χ2v) is 3.81. The fourth-order valence-corrected chi connectivity index (χ4v) is 1.70. The molecular weight excluding hydrogens is 240 g/mol. The van der Waals surface area contributed by atoms with Crippen LogP contribution < -0.4 is 4.74 Å². The standard InChI is InChI=1S/C11H16N2O5/c1-2-17-11(15)9-5-10-13(12-9)6-8(18-10)7-16-4-3-14/h5,8,14H,2-4,6-7H2,1H3. The largest absolute Gasteiger partial charge is 0.470 e. The highest BCUT2D eigenvalue weighted by atomic mass is 16.6. The lowest BCUT2D eigenvalue weighted by molar-refractivity contribution is 0.0388. The molecule has 2 rings (SSSR count). The van der Waals surface area contributed by atoms with Gasteiger partial charge in [0.15, 0.2) is 5.69 Å². The third kappa shape index (κ3) is 2.80. The zero-order chi connectivity index (χ0) is 13.0. The third-order valence-corrected chi connectivity index (χ3v) is 2.43. The summed E-state index contributed by atoms with van der Waals surface area (Å²) in [6.07, 6.45) is -0.129. The van der Waals surface area contributed by atoms with Crippen molar-refractivity contribution in [3.8, 4) is 5.88 Å². The summed E-state index contributed by atoms with van der Waals surface area (Å²) in [4.78, 5) is 11.4. The van der Waals surface area contributed by atoms with Gasteiger partial charge in [-0.1, -0.05) is 0 Å². The van der Waals surface area contributed by atoms with Crippen LogP contribution in [0, 0.1) is 0 Å². The summed E-state index contributed by atoms with van der Waals surface area (Å²) in [5.74, 6) is 0.0896. The number of rotatable bonds is 6. The van der Waals surface area contributed by atoms with Gasteiger partial charge < -0.3 is 19.3 Å². The smallest absolute Gasteiger partial charge is 0.358 e. The number of carbonyl (C=O) groups excluding carboxylic acids is 1. The molecule has 0 amide bonds. The molecule has 1 N–H and O–H groups in total. The lowest BCUT2D eigenvalue weighted by Gasteiger charge is -2.09. The number of hydrogen-bond acceptors (Lipinski definition) is 6. The zero-order valence-electron chi connectivity index (χ0n) is 10.2. The van der Waals surface area contributed by atoms with Crippen LogP contribution in [0.3, 0.4) is 0 Å². The molecule has 0 saturated carbocycles. The van der Waals surface area contributed by atoms with E-state index < -0.39 is 5.97 Å². The molecule has 1 aliphatic rings. The Bertz CT molecular complexity index is 394. The first-order valence-corrected chi connectivity index (χ1v) is 5.84. The van der Waals surface area contributed by atoms with E-state index in [1.807, 2.05) is 0 Å². The summed E-state index contributed by atoms with van der Waals surface area (Å²) < 4.78 is 17.2. The Morgan fingerprint density at radius 1 is 1.72 bits per heavy atom. The number of aliphatic hydroxyl groups excluding tert-OH is 1. The van der Waals surface area contributed by atoms with Crippen LogP contribution in [0.4, 0.5) is 0 Å². The van der Waals surface area contributed by atoms with Gasteiger partial charge >= 0.3 is 5.97 Å². The molecule has 1 aromatic rings. The predicted octanol–water partition coefficient (Wildman–Crippen LogP) is -0.170. The summed E-state index contributed by atoms with van der Waals surface area (Å²) in [6.45, 7) is 3.26. The second kappa shape index (κ2) is 5.83. The number of fused-ring (bicyclic) bond motifs is 1. The molecule has 0 spiro atoms. The van der Waals surface area contributed by atoms with Crippen molar-refractivity contribution in [1.29, 1.82) is 0 Å². The maximum Gasteiger partial charge on any atom is 0.358 e. The van der Waals surface area contributed by atoms with E-state index in [1.54, 1.807) is 17.7 Å². The summed E-state index contributed by atoms with van der Waals surface area (Å²) in [5, 5.41) is 12.7. The van der Waals surface area contributed by atoms with Crippen LogP contribution >= 0.6 is 0 Å². The molecule has 7 nitrogen and oxygen atoms in total. The monoisotopic (exact) mass is 256 g/mol. The number of aromatic nitrogens is 2. The Morgan fingerprint density at radius 3 is 3.22 bits per heavy atom. The SMILES string of the molecule is CCOC(=O)c1cc2n(n1)CC(COCCO)O2. The van der Waals surface area contributed by atoms with Gasteiger partial charge in [0.2, 0.25) is 5.88 Å². The minimum atomic E-state index is -0.448. The van der Waals surface area contributed by atoms with Crippen molar-refractivity contribution < 1.29 is 24.1 Å². The third-order valence-electron chi connectivity index (χ3n) is 2.43. The Balaban J connectivity index is 1.89. The second-order valence-electron chi connectivity index (χ2n) is 3.81. The maximum atomic E-state index is 11.4. The van der Waals surface area contributed by atoms with Crippen LogP contribution in [0.5, 0.6) is 5.88 Å². The van der Waals surface area contributed by atoms with Crippen LogP contribution in [-0.2, 0) is 16.0 Å². The summed E-state index contributed by atoms with van der Waals surface area (Å²) in [6, 6.07) is 1.56. The molecule has 7 heteroatoms. The highest BCUT2D eigenvalue weighted by molar-refractivity contribution is 5.87. The normalized spacial score (nSPS) is 17.3. The number of hydrogen-bond donors (Lipinski definition) is 1. The van der Waals surface area contributed by atoms with Gasteiger partial charge in [-0.25, -0.2) is 9.48 Å². The van der Waals surface area contributed by atoms with Crippen LogP contribution in [0.25, 0.3) is 0 Å². The highest BCUT2D eigenvalue weighted by Gasteiger charge is 2.26. The van der Waals surface area contributed by atoms with Gasteiger partial charge in [-0.05, 0) is 6.92 Å². The van der Waals surface area contributed by atoms with E-state index in [0.29, 0.717) is 25.6 Å². The average Bonchev–Trinajstić information content (AvgIpc) is 2.87. The maximum absolute atomic E-state index is 11.4. The van der Waals surface area contributed by atoms with E-state index in [1.165, 1.54) is 0 Å². The molecular formula is C11H16N2O5. The van der Waals surface area contributed by atoms with Crippen molar-refractivity contribution in [1.82, 2.24) is 9.78 Å². The first-order chi connectivity index (χ1) is 8.74. The first kappa shape index (κ1) is 12.8. The lowest BCUT2D eigenvalue weighted by atomic mass is 10.4. The molecule has 100 valence electrons. The molecule has 0 saturated heterocycles. The Kier molecular flexibility index (Phi) is 4.16. The van der Waals surface area contributed by atoms with Gasteiger partial charge in [-0.15, -0.1) is 0 Å². The van der Waals surface area contributed by atoms with Crippen molar-refractivity contribution in [3.05, 3.63) is 11.8 Å². The molecule has 2 heterocycles. The van der Waals surface area contributed by atoms with Gasteiger partial charge in [-0.2, -0.15) is 5.10 Å². The zero-order valence-corrected chi connectivity index (χ0v) is 10.2. The molecule has 0 aliphatic carbocycles. The fourth-order valence-electron chi connectivity index (χ4n) is 1.70. The fraction of sp³-hybridized carbons (Fsp3) is 0.636. The molecule has 0 aromatic carbocycles. The van der Waals surface area contributed by atoms with E-state index in [0.717, 1.165) is 0 Å². The van der Waals surface area contributed by atoms with Gasteiger partial charge in [0.25, 0.3) is 0 Å². The van der Waals surface area contributed by atoms with Gasteiger partial charge in [0, 0.05) is 6.07 Å². The summed E-state index contributed by atoms with van der Waals surface area (Å²) >= 11 is 0. The Labute approximate surface area is 104 Å². The van der Waals surface area contributed by atoms with E-state index in [9.17, 15) is 4.79 Å². The molecule has 18 heavy (non-hydrogen) atoms. The van der Waals surface area contributed by atoms with Gasteiger partial charge in [0.05, 0.1) is 33.0 Å². The molecule has 1 unspecified atom stereocenters. The molecule has 1 aliphatic heterocycles. The lowest BCUT2D eigenvalue weighted by Crippen LogP contribution is -2.23. The minimum absolute atomic E-state index is 0.00963. The van der Waals surface area contributed by atoms with Crippen molar-refractivity contribution in [2.24, 2.45) is 0 Å². The summed E-state index contributed by atoms with van der Waals surface area (Å²) in [7, 11) is 0. The van der Waals surface area contributed by atoms with E-state index in [4.69, 9.17) is 19.3 Å². The van der Waals surface area contributed by atoms with Crippen molar-refractivity contribution in [2.75, 3.05) is 26.4 Å². The van der Waals surface area contributed by atoms with E-state index in [-0.39, 0.29) is 25.0 Å². The molecule has 0 radical (unpaired) electrons. The van der Waals surface area contributed by atoms with Crippen LogP contribution in [0.2, 0.25) is 0 Å². The molecule has 0 fully saturated rings. The van der Waals surface area contributed by atoms with Crippen molar-refractivity contribution in [3.63, 3.8) is 0 Å². The number of aliphatic hydroxyl groups is 1. The number of ether oxygens (including phenoxy) is 3. The highest BCUT2D eigenvalue weighted by Crippen LogP contribution is 2.23. The first-order valence-electron chi connectivity index (χ1n) is 5.84. The van der Waals surface area contributed by atoms with E-state index >= 15 is 0 Å². The Hall–Kier alpha value is -1.60. The summed E-state index contributed by atoms with van der Waals surface area (Å²) in [5.41, 5.74) is 0.251. The van der Waals surface area contributed by atoms with Crippen LogP contribution in [0.1, 0.15) is 17.4 Å². The average molecular weight is 256 g/mol. The van der Waals surface area contributed by atoms with Crippen LogP contribution in [-0.4, -0.2) is 53.4 Å². The quantitative estimate of drug-likeness (QED) is 0.562. The molecule has 0 bridgehead atoms. The number of esters is 1. The predicted molar refractivity (Wildman–Crippen MR) is 60.5 cm³/mol. The minimum Gasteiger partial charge on any atom is -0.470 e. The van der Waals surface area contributed by atoms with Gasteiger partial charge in [-0.3, -0.25) is 0 Å². The molecule has 1 aromatic heterocycles. The molecule has 1 atom stereocenters. The topological polar surface area (TPSA) is 82.8 Å².